The van der Waals surface area contributed by atoms with Crippen molar-refractivity contribution in [2.24, 2.45) is 0 Å². The number of aliphatic hydroxyl groups is 1. The number of benzene rings is 3. The predicted octanol–water partition coefficient (Wildman–Crippen LogP) is 5.25. The molecule has 3 aromatic carbocycles. The molecule has 0 saturated carbocycles. The van der Waals surface area contributed by atoms with Gasteiger partial charge in [-0.3, -0.25) is 4.79 Å². The van der Waals surface area contributed by atoms with Gasteiger partial charge in [-0.2, -0.15) is 0 Å². The highest BCUT2D eigenvalue weighted by Gasteiger charge is 2.51. The largest absolute Gasteiger partial charge is 0.372 e. The quantitative estimate of drug-likeness (QED) is 0.485. The Morgan fingerprint density at radius 2 is 1.58 bits per heavy atom. The van der Waals surface area contributed by atoms with Gasteiger partial charge in [0.1, 0.15) is 0 Å². The maximum Gasteiger partial charge on any atom is 0.268 e. The van der Waals surface area contributed by atoms with Crippen LogP contribution in [0.4, 0.5) is 5.69 Å². The molecule has 4 nitrogen and oxygen atoms in total. The van der Waals surface area contributed by atoms with Crippen molar-refractivity contribution in [3.8, 4) is 0 Å². The summed E-state index contributed by atoms with van der Waals surface area (Å²) >= 11 is 0. The molecule has 1 aliphatic heterocycles. The van der Waals surface area contributed by atoms with Crippen LogP contribution in [-0.2, 0) is 22.4 Å². The molecule has 4 aromatic rings. The van der Waals surface area contributed by atoms with Gasteiger partial charge in [-0.1, -0.05) is 81.4 Å². The number of hydrogen-bond donors (Lipinski definition) is 2. The lowest BCUT2D eigenvalue weighted by Gasteiger charge is -2.24. The lowest BCUT2D eigenvalue weighted by Crippen LogP contribution is -2.40. The highest BCUT2D eigenvalue weighted by Crippen LogP contribution is 2.46. The molecule has 1 unspecified atom stereocenters. The summed E-state index contributed by atoms with van der Waals surface area (Å²) in [6.45, 7) is 6.96. The van der Waals surface area contributed by atoms with E-state index in [2.05, 4.69) is 50.0 Å². The number of nitrogens with zero attached hydrogens (tertiary/aromatic N) is 1. The second-order valence-corrected chi connectivity index (χ2v) is 9.31. The number of carbonyl (C=O) groups excluding carboxylic acids is 1. The van der Waals surface area contributed by atoms with E-state index in [4.69, 9.17) is 0 Å². The molecule has 0 spiro atoms. The fourth-order valence-corrected chi connectivity index (χ4v) is 4.52. The summed E-state index contributed by atoms with van der Waals surface area (Å²) < 4.78 is 0. The minimum Gasteiger partial charge on any atom is -0.372 e. The molecule has 1 atom stereocenters. The maximum absolute atomic E-state index is 13.7. The van der Waals surface area contributed by atoms with Gasteiger partial charge in [-0.05, 0) is 28.7 Å². The number of fused-ring (bicyclic) bond motifs is 2. The van der Waals surface area contributed by atoms with Crippen LogP contribution < -0.4 is 4.90 Å². The first-order valence-corrected chi connectivity index (χ1v) is 10.6. The van der Waals surface area contributed by atoms with Crippen molar-refractivity contribution in [3.05, 3.63) is 101 Å². The zero-order chi connectivity index (χ0) is 21.8. The standard InChI is InChI=1S/C27H26N2O2/c1-26(2,3)19-14-12-18(13-15-19)17-29-24-11-7-5-9-21(24)27(31,25(29)30)22-16-28-23-10-6-4-8-20(22)23/h4-16,28,31H,17H2,1-3H3. The monoisotopic (exact) mass is 410 g/mol. The molecule has 1 amide bonds. The fourth-order valence-electron chi connectivity index (χ4n) is 4.52. The van der Waals surface area contributed by atoms with Gasteiger partial charge in [0.15, 0.2) is 5.60 Å². The van der Waals surface area contributed by atoms with Crippen molar-refractivity contribution in [2.45, 2.75) is 38.3 Å². The Labute approximate surface area is 182 Å². The molecule has 156 valence electrons. The summed E-state index contributed by atoms with van der Waals surface area (Å²) in [5.74, 6) is -0.321. The van der Waals surface area contributed by atoms with Crippen molar-refractivity contribution >= 4 is 22.5 Å². The van der Waals surface area contributed by atoms with Gasteiger partial charge in [-0.15, -0.1) is 0 Å². The zero-order valence-corrected chi connectivity index (χ0v) is 18.0. The van der Waals surface area contributed by atoms with E-state index in [1.807, 2.05) is 48.5 Å². The maximum atomic E-state index is 13.7. The van der Waals surface area contributed by atoms with Crippen LogP contribution in [0.25, 0.3) is 10.9 Å². The van der Waals surface area contributed by atoms with Crippen LogP contribution in [0.15, 0.2) is 79.0 Å². The highest BCUT2D eigenvalue weighted by atomic mass is 16.3. The number of H-pyrrole nitrogens is 1. The third-order valence-electron chi connectivity index (χ3n) is 6.28. The fraction of sp³-hybridized carbons (Fsp3) is 0.222. The number of nitrogens with one attached hydrogen (secondary N) is 1. The van der Waals surface area contributed by atoms with Gasteiger partial charge < -0.3 is 15.0 Å². The molecule has 0 aliphatic carbocycles. The number of para-hydroxylation sites is 2. The Kier molecular flexibility index (Phi) is 4.31. The molecule has 2 heterocycles. The van der Waals surface area contributed by atoms with Gasteiger partial charge in [0.05, 0.1) is 12.2 Å². The normalized spacial score (nSPS) is 18.6. The summed E-state index contributed by atoms with van der Waals surface area (Å²) in [6, 6.07) is 23.6. The first-order chi connectivity index (χ1) is 14.8. The Bertz CT molecular complexity index is 1280. The van der Waals surface area contributed by atoms with Crippen LogP contribution in [-0.4, -0.2) is 16.0 Å². The third-order valence-corrected chi connectivity index (χ3v) is 6.28. The molecule has 4 heteroatoms. The molecule has 0 bridgehead atoms. The Morgan fingerprint density at radius 3 is 2.32 bits per heavy atom. The first-order valence-electron chi connectivity index (χ1n) is 10.6. The molecular weight excluding hydrogens is 384 g/mol. The van der Waals surface area contributed by atoms with Crippen molar-refractivity contribution in [1.82, 2.24) is 4.98 Å². The van der Waals surface area contributed by atoms with Crippen molar-refractivity contribution < 1.29 is 9.90 Å². The molecule has 1 aliphatic rings. The van der Waals surface area contributed by atoms with E-state index in [1.165, 1.54) is 5.56 Å². The summed E-state index contributed by atoms with van der Waals surface area (Å²) in [5, 5.41) is 12.7. The molecule has 31 heavy (non-hydrogen) atoms. The number of anilines is 1. The third kappa shape index (κ3) is 2.98. The lowest BCUT2D eigenvalue weighted by atomic mass is 9.86. The summed E-state index contributed by atoms with van der Waals surface area (Å²) in [5.41, 5.74) is 3.49. The van der Waals surface area contributed by atoms with Crippen LogP contribution in [0.2, 0.25) is 0 Å². The van der Waals surface area contributed by atoms with Crippen LogP contribution in [0.5, 0.6) is 0 Å². The molecule has 2 N–H and O–H groups in total. The second-order valence-electron chi connectivity index (χ2n) is 9.31. The van der Waals surface area contributed by atoms with Gasteiger partial charge in [0.25, 0.3) is 5.91 Å². The molecule has 0 radical (unpaired) electrons. The Morgan fingerprint density at radius 1 is 0.903 bits per heavy atom. The molecule has 1 aromatic heterocycles. The van der Waals surface area contributed by atoms with E-state index in [1.54, 1.807) is 11.1 Å². The summed E-state index contributed by atoms with van der Waals surface area (Å²) in [4.78, 5) is 18.6. The average Bonchev–Trinajstić information content (AvgIpc) is 3.28. The first kappa shape index (κ1) is 19.6. The minimum absolute atomic E-state index is 0.0736. The highest BCUT2D eigenvalue weighted by molar-refractivity contribution is 6.11. The number of rotatable bonds is 3. The van der Waals surface area contributed by atoms with Crippen LogP contribution in [0.1, 0.15) is 43.0 Å². The van der Waals surface area contributed by atoms with E-state index < -0.39 is 5.60 Å². The van der Waals surface area contributed by atoms with Crippen molar-refractivity contribution in [3.63, 3.8) is 0 Å². The van der Waals surface area contributed by atoms with E-state index in [0.29, 0.717) is 17.7 Å². The van der Waals surface area contributed by atoms with Crippen molar-refractivity contribution in [2.75, 3.05) is 4.90 Å². The van der Waals surface area contributed by atoms with Gasteiger partial charge >= 0.3 is 0 Å². The van der Waals surface area contributed by atoms with E-state index in [-0.39, 0.29) is 11.3 Å². The molecule has 0 fully saturated rings. The van der Waals surface area contributed by atoms with Crippen molar-refractivity contribution in [1.29, 1.82) is 0 Å². The lowest BCUT2D eigenvalue weighted by molar-refractivity contribution is -0.132. The smallest absolute Gasteiger partial charge is 0.268 e. The molecule has 5 rings (SSSR count). The number of hydrogen-bond acceptors (Lipinski definition) is 2. The van der Waals surface area contributed by atoms with Crippen LogP contribution in [0, 0.1) is 0 Å². The van der Waals surface area contributed by atoms with Gasteiger partial charge in [0.2, 0.25) is 0 Å². The average molecular weight is 411 g/mol. The summed E-state index contributed by atoms with van der Waals surface area (Å²) in [6.07, 6.45) is 1.75. The topological polar surface area (TPSA) is 56.3 Å². The van der Waals surface area contributed by atoms with Crippen LogP contribution >= 0.6 is 0 Å². The number of amides is 1. The SMILES string of the molecule is CC(C)(C)c1ccc(CN2C(=O)C(O)(c3c[nH]c4ccccc34)c3ccccc32)cc1. The molecule has 0 saturated heterocycles. The van der Waals surface area contributed by atoms with E-state index in [9.17, 15) is 9.90 Å². The van der Waals surface area contributed by atoms with Gasteiger partial charge in [-0.25, -0.2) is 0 Å². The van der Waals surface area contributed by atoms with E-state index >= 15 is 0 Å². The minimum atomic E-state index is -1.72. The number of aromatic nitrogens is 1. The zero-order valence-electron chi connectivity index (χ0n) is 18.0. The van der Waals surface area contributed by atoms with Gasteiger partial charge in [0, 0.05) is 28.2 Å². The van der Waals surface area contributed by atoms with Crippen LogP contribution in [0.3, 0.4) is 0 Å². The Hall–Kier alpha value is -3.37. The molecular formula is C27H26N2O2. The second kappa shape index (κ2) is 6.82. The predicted molar refractivity (Wildman–Crippen MR) is 124 cm³/mol. The Balaban J connectivity index is 1.57. The summed E-state index contributed by atoms with van der Waals surface area (Å²) in [7, 11) is 0. The number of aromatic amines is 1. The number of carbonyl (C=O) groups is 1. The van der Waals surface area contributed by atoms with E-state index in [0.717, 1.165) is 22.2 Å².